The molecule has 0 aliphatic rings. The van der Waals surface area contributed by atoms with E-state index in [-0.39, 0.29) is 20.1 Å². The molecule has 293 valence electrons. The van der Waals surface area contributed by atoms with E-state index in [2.05, 4.69) is 46.4 Å². The zero-order valence-electron chi connectivity index (χ0n) is 37.9. The standard InChI is InChI=1S/C32H26NO.C21H23N2.Ir/c1-32(2,3)20-21-11-13-22(14-12-21)24-17-18-33-29(19-24)28-10-6-9-26-27-16-15-23-7-4-5-8-25(23)30(27)34-31(26)28;1-15(2)18-11-8-12-19(16(3)4)20(18)23-14-13-22-21(23)17-9-6-5-7-10-17;/h4-9,11-19H,20H2,1-3H3;5-9,11-16H,1-4H3;/q2*-1;/i20D2;15D,16D;. The van der Waals surface area contributed by atoms with Crippen LogP contribution in [-0.4, -0.2) is 14.5 Å². The van der Waals surface area contributed by atoms with Gasteiger partial charge in [-0.25, -0.2) is 0 Å². The number of rotatable bonds is 7. The van der Waals surface area contributed by atoms with Crippen LogP contribution in [0.3, 0.4) is 0 Å². The second kappa shape index (κ2) is 17.1. The zero-order valence-corrected chi connectivity index (χ0v) is 36.3. The summed E-state index contributed by atoms with van der Waals surface area (Å²) in [5, 5.41) is 4.37. The Labute approximate surface area is 362 Å². The SMILES string of the molecule is [2H]C(C)(C)c1cccc(C([2H])(C)C)c1-n1ccnc1-c1[c-]cccc1.[2H]C([2H])(c1ccc(-c2ccnc(-c3[c-]ccc4c3oc3c5ccccc5ccc43)c2)cc1)C(C)(C)C.[Ir]. The van der Waals surface area contributed by atoms with Crippen molar-refractivity contribution >= 4 is 32.7 Å². The van der Waals surface area contributed by atoms with Crippen molar-refractivity contribution in [3.63, 3.8) is 0 Å². The Morgan fingerprint density at radius 2 is 1.41 bits per heavy atom. The first-order valence-electron chi connectivity index (χ1n) is 21.4. The van der Waals surface area contributed by atoms with E-state index in [0.29, 0.717) is 5.56 Å². The first kappa shape index (κ1) is 35.5. The molecule has 0 atom stereocenters. The van der Waals surface area contributed by atoms with Gasteiger partial charge < -0.3 is 14.0 Å². The zero-order chi connectivity index (χ0) is 43.3. The summed E-state index contributed by atoms with van der Waals surface area (Å²) in [5.41, 5.74) is 8.99. The van der Waals surface area contributed by atoms with Gasteiger partial charge in [0.05, 0.1) is 11.4 Å². The fourth-order valence-electron chi connectivity index (χ4n) is 7.41. The third-order valence-electron chi connectivity index (χ3n) is 10.0. The number of nitrogens with zero attached hydrogens (tertiary/aromatic N) is 3. The van der Waals surface area contributed by atoms with E-state index in [1.165, 1.54) is 0 Å². The van der Waals surface area contributed by atoms with Crippen molar-refractivity contribution in [3.8, 4) is 39.5 Å². The number of imidazole rings is 1. The molecule has 3 aromatic heterocycles. The molecule has 0 saturated heterocycles. The van der Waals surface area contributed by atoms with Crippen molar-refractivity contribution in [2.45, 2.75) is 66.6 Å². The fraction of sp³-hybridized carbons (Fsp3) is 0.208. The summed E-state index contributed by atoms with van der Waals surface area (Å²) < 4.78 is 42.7. The average Bonchev–Trinajstić information content (AvgIpc) is 3.89. The average molecular weight is 940 g/mol. The van der Waals surface area contributed by atoms with Crippen LogP contribution < -0.4 is 0 Å². The van der Waals surface area contributed by atoms with Gasteiger partial charge in [0.2, 0.25) is 0 Å². The Morgan fingerprint density at radius 3 is 2.12 bits per heavy atom. The Balaban J connectivity index is 0.000000196. The van der Waals surface area contributed by atoms with Gasteiger partial charge in [-0.1, -0.05) is 144 Å². The topological polar surface area (TPSA) is 43.9 Å². The van der Waals surface area contributed by atoms with Crippen LogP contribution in [0.4, 0.5) is 0 Å². The molecule has 9 rings (SSSR count). The monoisotopic (exact) mass is 940 g/mol. The molecule has 0 N–H and O–H groups in total. The van der Waals surface area contributed by atoms with E-state index in [9.17, 15) is 0 Å². The summed E-state index contributed by atoms with van der Waals surface area (Å²) in [7, 11) is 0. The van der Waals surface area contributed by atoms with Crippen molar-refractivity contribution in [2.75, 3.05) is 0 Å². The van der Waals surface area contributed by atoms with Crippen LogP contribution in [0.5, 0.6) is 0 Å². The summed E-state index contributed by atoms with van der Waals surface area (Å²) in [4.78, 5) is 9.17. The molecule has 0 saturated carbocycles. The van der Waals surface area contributed by atoms with Crippen LogP contribution in [0.2, 0.25) is 0 Å². The number of benzene rings is 6. The van der Waals surface area contributed by atoms with Gasteiger partial charge >= 0.3 is 0 Å². The van der Waals surface area contributed by atoms with Gasteiger partial charge in [0.15, 0.2) is 0 Å². The van der Waals surface area contributed by atoms with E-state index in [4.69, 9.17) is 9.90 Å². The smallest absolute Gasteiger partial charge is 0.128 e. The van der Waals surface area contributed by atoms with E-state index in [0.717, 1.165) is 83.3 Å². The quantitative estimate of drug-likeness (QED) is 0.150. The van der Waals surface area contributed by atoms with E-state index in [1.807, 2.05) is 162 Å². The Bertz CT molecular complexity index is 2980. The molecule has 4 nitrogen and oxygen atoms in total. The first-order valence-corrected chi connectivity index (χ1v) is 19.4. The normalized spacial score (nSPS) is 13.2. The molecule has 0 amide bonds. The van der Waals surface area contributed by atoms with Crippen molar-refractivity contribution in [3.05, 3.63) is 175 Å². The molecule has 6 aromatic carbocycles. The second-order valence-electron chi connectivity index (χ2n) is 15.8. The summed E-state index contributed by atoms with van der Waals surface area (Å²) in [5.74, 6) is -0.820. The molecule has 0 unspecified atom stereocenters. The van der Waals surface area contributed by atoms with Gasteiger partial charge in [0.1, 0.15) is 5.58 Å². The van der Waals surface area contributed by atoms with Gasteiger partial charge in [-0.05, 0) is 68.5 Å². The maximum atomic E-state index is 8.59. The van der Waals surface area contributed by atoms with Crippen LogP contribution in [0.15, 0.2) is 150 Å². The van der Waals surface area contributed by atoms with Crippen molar-refractivity contribution < 1.29 is 30.0 Å². The second-order valence-corrected chi connectivity index (χ2v) is 15.8. The Hall–Kier alpha value is -5.61. The van der Waals surface area contributed by atoms with Crippen molar-refractivity contribution in [1.82, 2.24) is 14.5 Å². The number of pyridine rings is 1. The Morgan fingerprint density at radius 1 is 0.690 bits per heavy atom. The van der Waals surface area contributed by atoms with Crippen LogP contribution >= 0.6 is 0 Å². The van der Waals surface area contributed by atoms with Crippen LogP contribution in [-0.2, 0) is 26.5 Å². The number of hydrogen-bond donors (Lipinski definition) is 0. The third kappa shape index (κ3) is 8.34. The number of hydrogen-bond acceptors (Lipinski definition) is 3. The number of fused-ring (bicyclic) bond motifs is 5. The summed E-state index contributed by atoms with van der Waals surface area (Å²) in [6, 6.07) is 48.4. The molecule has 0 spiro atoms. The molecule has 3 heterocycles. The van der Waals surface area contributed by atoms with Gasteiger partial charge in [-0.15, -0.1) is 54.1 Å². The van der Waals surface area contributed by atoms with Crippen molar-refractivity contribution in [1.29, 1.82) is 0 Å². The van der Waals surface area contributed by atoms with E-state index >= 15 is 0 Å². The summed E-state index contributed by atoms with van der Waals surface area (Å²) in [6.07, 6.45) is 4.03. The fourth-order valence-corrected chi connectivity index (χ4v) is 7.41. The van der Waals surface area contributed by atoms with Gasteiger partial charge in [-0.2, -0.15) is 0 Å². The summed E-state index contributed by atoms with van der Waals surface area (Å²) >= 11 is 0. The van der Waals surface area contributed by atoms with Gasteiger partial charge in [0.25, 0.3) is 0 Å². The van der Waals surface area contributed by atoms with Gasteiger partial charge in [0, 0.05) is 60.6 Å². The molecule has 9 aromatic rings. The van der Waals surface area contributed by atoms with Crippen LogP contribution in [0.25, 0.3) is 72.2 Å². The largest absolute Gasteiger partial charge is 0.500 e. The first-order chi connectivity index (χ1) is 28.9. The predicted octanol–water partition coefficient (Wildman–Crippen LogP) is 14.4. The van der Waals surface area contributed by atoms with E-state index in [1.54, 1.807) is 12.4 Å². The van der Waals surface area contributed by atoms with Crippen LogP contribution in [0.1, 0.15) is 82.4 Å². The minimum atomic E-state index is -1.43. The molecule has 0 aliphatic carbocycles. The maximum Gasteiger partial charge on any atom is 0.128 e. The molecule has 0 aliphatic heterocycles. The summed E-state index contributed by atoms with van der Waals surface area (Å²) in [6.45, 7) is 13.3. The molecular formula is C53H49IrN3O-2. The van der Waals surface area contributed by atoms with E-state index < -0.39 is 23.6 Å². The Kier molecular flexibility index (Phi) is 10.5. The number of furan rings is 1. The minimum absolute atomic E-state index is 0. The molecule has 0 fully saturated rings. The van der Waals surface area contributed by atoms with Crippen LogP contribution in [0, 0.1) is 17.5 Å². The molecule has 5 heteroatoms. The molecule has 1 radical (unpaired) electrons. The third-order valence-corrected chi connectivity index (χ3v) is 10.0. The maximum absolute atomic E-state index is 8.59. The number of aromatic nitrogens is 3. The van der Waals surface area contributed by atoms with Gasteiger partial charge in [-0.3, -0.25) is 4.98 Å². The predicted molar refractivity (Wildman–Crippen MR) is 238 cm³/mol. The molecule has 0 bridgehead atoms. The number of para-hydroxylation sites is 1. The molecular weight excluding hydrogens is 887 g/mol. The van der Waals surface area contributed by atoms with Crippen molar-refractivity contribution in [2.24, 2.45) is 5.41 Å². The molecule has 58 heavy (non-hydrogen) atoms. The minimum Gasteiger partial charge on any atom is -0.500 e.